The lowest BCUT2D eigenvalue weighted by atomic mass is 10.0. The molecular formula is C30H32N6O2. The van der Waals surface area contributed by atoms with Crippen LogP contribution < -0.4 is 9.47 Å². The van der Waals surface area contributed by atoms with Crippen LogP contribution in [0.5, 0.6) is 11.5 Å². The van der Waals surface area contributed by atoms with Gasteiger partial charge in [-0.1, -0.05) is 72.8 Å². The van der Waals surface area contributed by atoms with Crippen LogP contribution in [0.2, 0.25) is 0 Å². The molecule has 0 unspecified atom stereocenters. The molecule has 1 aromatic heterocycles. The van der Waals surface area contributed by atoms with Crippen molar-refractivity contribution in [2.45, 2.75) is 19.9 Å². The van der Waals surface area contributed by atoms with E-state index in [0.29, 0.717) is 0 Å². The van der Waals surface area contributed by atoms with E-state index in [9.17, 15) is 0 Å². The van der Waals surface area contributed by atoms with Gasteiger partial charge in [-0.2, -0.15) is 4.68 Å². The predicted octanol–water partition coefficient (Wildman–Crippen LogP) is 4.43. The average molecular weight is 509 g/mol. The summed E-state index contributed by atoms with van der Waals surface area (Å²) in [5.41, 5.74) is 5.53. The van der Waals surface area contributed by atoms with E-state index in [1.165, 1.54) is 5.56 Å². The van der Waals surface area contributed by atoms with Gasteiger partial charge in [0.15, 0.2) is 17.3 Å². The molecule has 1 saturated heterocycles. The van der Waals surface area contributed by atoms with Crippen molar-refractivity contribution >= 4 is 6.08 Å². The molecule has 1 atom stereocenters. The summed E-state index contributed by atoms with van der Waals surface area (Å²) in [4.78, 5) is 4.95. The Morgan fingerprint density at radius 2 is 1.63 bits per heavy atom. The van der Waals surface area contributed by atoms with E-state index in [1.807, 2.05) is 22.9 Å². The highest BCUT2D eigenvalue weighted by Crippen LogP contribution is 2.42. The first-order chi connectivity index (χ1) is 18.7. The zero-order valence-electron chi connectivity index (χ0n) is 21.8. The number of hydrogen-bond acceptors (Lipinski definition) is 7. The highest BCUT2D eigenvalue weighted by Gasteiger charge is 2.35. The second kappa shape index (κ2) is 10.8. The van der Waals surface area contributed by atoms with Gasteiger partial charge in [0.1, 0.15) is 6.04 Å². The molecule has 0 amide bonds. The maximum absolute atomic E-state index is 5.96. The van der Waals surface area contributed by atoms with Crippen LogP contribution in [0, 0.1) is 13.8 Å². The highest BCUT2D eigenvalue weighted by atomic mass is 16.7. The predicted molar refractivity (Wildman–Crippen MR) is 147 cm³/mol. The molecule has 194 valence electrons. The van der Waals surface area contributed by atoms with E-state index >= 15 is 0 Å². The number of piperazine rings is 1. The number of rotatable bonds is 7. The fourth-order valence-corrected chi connectivity index (χ4v) is 5.44. The van der Waals surface area contributed by atoms with Crippen molar-refractivity contribution < 1.29 is 9.47 Å². The Labute approximate surface area is 223 Å². The lowest BCUT2D eigenvalue weighted by molar-refractivity contribution is 0.111. The molecule has 2 aliphatic heterocycles. The quantitative estimate of drug-likeness (QED) is 0.366. The van der Waals surface area contributed by atoms with E-state index in [-0.39, 0.29) is 12.8 Å². The van der Waals surface area contributed by atoms with Crippen LogP contribution in [0.25, 0.3) is 11.8 Å². The monoisotopic (exact) mass is 508 g/mol. The Morgan fingerprint density at radius 1 is 0.868 bits per heavy atom. The first-order valence-electron chi connectivity index (χ1n) is 13.1. The lowest BCUT2D eigenvalue weighted by Crippen LogP contribution is -2.48. The van der Waals surface area contributed by atoms with Crippen molar-refractivity contribution in [3.63, 3.8) is 0 Å². The fourth-order valence-electron chi connectivity index (χ4n) is 5.44. The van der Waals surface area contributed by atoms with Gasteiger partial charge < -0.3 is 9.47 Å². The molecule has 3 heterocycles. The van der Waals surface area contributed by atoms with E-state index in [0.717, 1.165) is 72.4 Å². The van der Waals surface area contributed by atoms with Crippen molar-refractivity contribution in [2.24, 2.45) is 0 Å². The SMILES string of the molecule is Cc1cccc(C)c1-n1nnnc1[C@H](c1cccc2c1OCO2)N1CCN(CC=Cc2ccccc2)CC1. The smallest absolute Gasteiger partial charge is 0.231 e. The molecule has 8 heteroatoms. The first-order valence-corrected chi connectivity index (χ1v) is 13.1. The van der Waals surface area contributed by atoms with Gasteiger partial charge >= 0.3 is 0 Å². The van der Waals surface area contributed by atoms with Crippen molar-refractivity contribution in [1.29, 1.82) is 0 Å². The number of hydrogen-bond donors (Lipinski definition) is 0. The summed E-state index contributed by atoms with van der Waals surface area (Å²) in [5.74, 6) is 2.33. The summed E-state index contributed by atoms with van der Waals surface area (Å²) in [6.45, 7) is 9.01. The summed E-state index contributed by atoms with van der Waals surface area (Å²) >= 11 is 0. The van der Waals surface area contributed by atoms with Crippen molar-refractivity contribution in [3.05, 3.63) is 101 Å². The number of benzene rings is 3. The Hall–Kier alpha value is -4.01. The topological polar surface area (TPSA) is 68.5 Å². The molecule has 0 saturated carbocycles. The minimum absolute atomic E-state index is 0.178. The summed E-state index contributed by atoms with van der Waals surface area (Å²) in [6.07, 6.45) is 4.44. The number of aromatic nitrogens is 4. The normalized spacial score (nSPS) is 16.8. The molecule has 0 bridgehead atoms. The van der Waals surface area contributed by atoms with Crippen LogP contribution in [0.15, 0.2) is 72.8 Å². The molecule has 4 aromatic rings. The van der Waals surface area contributed by atoms with Crippen LogP contribution in [-0.2, 0) is 0 Å². The number of aryl methyl sites for hydroxylation is 2. The maximum Gasteiger partial charge on any atom is 0.231 e. The molecule has 0 aliphatic carbocycles. The van der Waals surface area contributed by atoms with E-state index in [1.54, 1.807) is 0 Å². The summed E-state index contributed by atoms with van der Waals surface area (Å²) in [6, 6.07) is 22.6. The molecule has 0 N–H and O–H groups in total. The second-order valence-electron chi connectivity index (χ2n) is 9.82. The van der Waals surface area contributed by atoms with Gasteiger partial charge in [-0.3, -0.25) is 9.80 Å². The minimum Gasteiger partial charge on any atom is -0.454 e. The van der Waals surface area contributed by atoms with Gasteiger partial charge in [0.2, 0.25) is 6.79 Å². The second-order valence-corrected chi connectivity index (χ2v) is 9.82. The largest absolute Gasteiger partial charge is 0.454 e. The zero-order valence-corrected chi connectivity index (χ0v) is 21.8. The van der Waals surface area contributed by atoms with Crippen LogP contribution in [-0.4, -0.2) is 69.5 Å². The third-order valence-electron chi connectivity index (χ3n) is 7.36. The average Bonchev–Trinajstić information content (AvgIpc) is 3.61. The van der Waals surface area contributed by atoms with Crippen LogP contribution in [0.4, 0.5) is 0 Å². The molecule has 8 nitrogen and oxygen atoms in total. The van der Waals surface area contributed by atoms with Crippen molar-refractivity contribution in [3.8, 4) is 17.2 Å². The summed E-state index contributed by atoms with van der Waals surface area (Å²) in [5, 5.41) is 13.2. The fraction of sp³-hybridized carbons (Fsp3) is 0.300. The summed E-state index contributed by atoms with van der Waals surface area (Å²) < 4.78 is 13.6. The number of ether oxygens (including phenoxy) is 2. The molecule has 38 heavy (non-hydrogen) atoms. The zero-order chi connectivity index (χ0) is 25.9. The molecular weight excluding hydrogens is 476 g/mol. The molecule has 3 aromatic carbocycles. The Balaban J connectivity index is 1.29. The minimum atomic E-state index is -0.178. The third kappa shape index (κ3) is 4.80. The van der Waals surface area contributed by atoms with E-state index in [2.05, 4.69) is 99.9 Å². The number of nitrogens with zero attached hydrogens (tertiary/aromatic N) is 6. The van der Waals surface area contributed by atoms with Crippen molar-refractivity contribution in [2.75, 3.05) is 39.5 Å². The van der Waals surface area contributed by atoms with Gasteiger partial charge in [-0.05, 0) is 47.0 Å². The number of fused-ring (bicyclic) bond motifs is 1. The molecule has 2 aliphatic rings. The van der Waals surface area contributed by atoms with Gasteiger partial charge in [-0.15, -0.1) is 5.10 Å². The van der Waals surface area contributed by atoms with E-state index < -0.39 is 0 Å². The Bertz CT molecular complexity index is 1410. The Kier molecular flexibility index (Phi) is 6.90. The van der Waals surface area contributed by atoms with Crippen molar-refractivity contribution in [1.82, 2.24) is 30.0 Å². The summed E-state index contributed by atoms with van der Waals surface area (Å²) in [7, 11) is 0. The first kappa shape index (κ1) is 24.3. The standard InChI is InChI=1S/C30H32N6O2/c1-22-9-6-10-23(2)27(22)36-30(31-32-33-36)28(25-14-7-15-26-29(25)38-21-37-26)35-19-17-34(18-20-35)16-8-13-24-11-4-3-5-12-24/h3-15,28H,16-21H2,1-2H3/t28-/m0/s1. The van der Waals surface area contributed by atoms with E-state index in [4.69, 9.17) is 9.47 Å². The highest BCUT2D eigenvalue weighted by molar-refractivity contribution is 5.53. The van der Waals surface area contributed by atoms with Gasteiger partial charge in [0.25, 0.3) is 0 Å². The molecule has 0 radical (unpaired) electrons. The van der Waals surface area contributed by atoms with Gasteiger partial charge in [0, 0.05) is 38.3 Å². The Morgan fingerprint density at radius 3 is 2.42 bits per heavy atom. The molecule has 1 fully saturated rings. The number of tetrazole rings is 1. The van der Waals surface area contributed by atoms with Crippen LogP contribution >= 0.6 is 0 Å². The third-order valence-corrected chi connectivity index (χ3v) is 7.36. The van der Waals surface area contributed by atoms with Crippen LogP contribution in [0.3, 0.4) is 0 Å². The lowest BCUT2D eigenvalue weighted by Gasteiger charge is -2.38. The number of para-hydroxylation sites is 2. The maximum atomic E-state index is 5.96. The molecule has 0 spiro atoms. The van der Waals surface area contributed by atoms with Gasteiger partial charge in [-0.25, -0.2) is 0 Å². The van der Waals surface area contributed by atoms with Gasteiger partial charge in [0.05, 0.1) is 5.69 Å². The molecule has 6 rings (SSSR count). The van der Waals surface area contributed by atoms with Crippen LogP contribution in [0.1, 0.15) is 34.1 Å².